The van der Waals surface area contributed by atoms with Crippen molar-refractivity contribution in [3.05, 3.63) is 24.3 Å². The Morgan fingerprint density at radius 2 is 2.14 bits per heavy atom. The van der Waals surface area contributed by atoms with Crippen LogP contribution < -0.4 is 10.5 Å². The topological polar surface area (TPSA) is 89.3 Å². The Kier molecular flexibility index (Phi) is 7.72. The van der Waals surface area contributed by atoms with Crippen molar-refractivity contribution >= 4 is 38.3 Å². The molecular formula is C13H22N2O3S3. The summed E-state index contributed by atoms with van der Waals surface area (Å²) in [6.07, 6.45) is 2.19. The molecule has 0 saturated carbocycles. The van der Waals surface area contributed by atoms with Crippen LogP contribution in [0.3, 0.4) is 0 Å². The molecule has 0 radical (unpaired) electrons. The predicted molar refractivity (Wildman–Crippen MR) is 91.5 cm³/mol. The Morgan fingerprint density at radius 3 is 2.76 bits per heavy atom. The highest BCUT2D eigenvalue weighted by Crippen LogP contribution is 2.20. The first-order chi connectivity index (χ1) is 9.78. The SMILES string of the molecule is CC(CCS(C)=O)NS(=O)(=O)CCSc1cccc(N)c1. The summed E-state index contributed by atoms with van der Waals surface area (Å²) in [6.45, 7) is 1.79. The van der Waals surface area contributed by atoms with E-state index in [1.54, 1.807) is 19.2 Å². The monoisotopic (exact) mass is 350 g/mol. The summed E-state index contributed by atoms with van der Waals surface area (Å²) in [7, 11) is -4.21. The second-order valence-electron chi connectivity index (χ2n) is 4.82. The molecule has 0 aliphatic heterocycles. The maximum Gasteiger partial charge on any atom is 0.212 e. The molecule has 2 atom stereocenters. The van der Waals surface area contributed by atoms with Crippen molar-refractivity contribution in [1.29, 1.82) is 0 Å². The van der Waals surface area contributed by atoms with Crippen molar-refractivity contribution in [2.45, 2.75) is 24.3 Å². The van der Waals surface area contributed by atoms with Gasteiger partial charge >= 0.3 is 0 Å². The summed E-state index contributed by atoms with van der Waals surface area (Å²) in [5.41, 5.74) is 6.34. The average Bonchev–Trinajstić information content (AvgIpc) is 2.35. The number of nitrogen functional groups attached to an aromatic ring is 1. The largest absolute Gasteiger partial charge is 0.399 e. The van der Waals surface area contributed by atoms with Gasteiger partial charge < -0.3 is 5.73 Å². The van der Waals surface area contributed by atoms with Gasteiger partial charge in [0.1, 0.15) is 0 Å². The Morgan fingerprint density at radius 1 is 1.43 bits per heavy atom. The van der Waals surface area contributed by atoms with E-state index in [1.807, 2.05) is 18.2 Å². The highest BCUT2D eigenvalue weighted by Gasteiger charge is 2.14. The number of hydrogen-bond donors (Lipinski definition) is 2. The fourth-order valence-corrected chi connectivity index (χ4v) is 5.02. The lowest BCUT2D eigenvalue weighted by Gasteiger charge is -2.13. The number of rotatable bonds is 9. The number of nitrogens with one attached hydrogen (secondary N) is 1. The lowest BCUT2D eigenvalue weighted by Crippen LogP contribution is -2.35. The molecular weight excluding hydrogens is 328 g/mol. The van der Waals surface area contributed by atoms with Gasteiger partial charge in [0.15, 0.2) is 0 Å². The maximum absolute atomic E-state index is 11.9. The molecule has 0 bridgehead atoms. The van der Waals surface area contributed by atoms with Gasteiger partial charge in [0.25, 0.3) is 0 Å². The van der Waals surface area contributed by atoms with Crippen molar-refractivity contribution in [3.8, 4) is 0 Å². The van der Waals surface area contributed by atoms with Gasteiger partial charge in [0.05, 0.1) is 5.75 Å². The van der Waals surface area contributed by atoms with Crippen molar-refractivity contribution in [3.63, 3.8) is 0 Å². The molecule has 0 amide bonds. The van der Waals surface area contributed by atoms with Gasteiger partial charge in [-0.15, -0.1) is 11.8 Å². The molecule has 120 valence electrons. The van der Waals surface area contributed by atoms with Gasteiger partial charge in [0.2, 0.25) is 10.0 Å². The third-order valence-corrected chi connectivity index (χ3v) is 6.27. The fraction of sp³-hybridized carbons (Fsp3) is 0.538. The number of benzene rings is 1. The molecule has 3 N–H and O–H groups in total. The number of hydrogen-bond acceptors (Lipinski definition) is 5. The standard InChI is InChI=1S/C13H22N2O3S3/c1-11(6-8-20(2)16)15-21(17,18)9-7-19-13-5-3-4-12(14)10-13/h3-5,10-11,15H,6-9,14H2,1-2H3. The molecule has 0 fully saturated rings. The molecule has 0 saturated heterocycles. The van der Waals surface area contributed by atoms with E-state index in [1.165, 1.54) is 11.8 Å². The van der Waals surface area contributed by atoms with Crippen LogP contribution in [0.5, 0.6) is 0 Å². The number of thioether (sulfide) groups is 1. The zero-order valence-corrected chi connectivity index (χ0v) is 14.7. The van der Waals surface area contributed by atoms with Crippen LogP contribution >= 0.6 is 11.8 Å². The minimum atomic E-state index is -3.31. The van der Waals surface area contributed by atoms with Crippen LogP contribution in [0.15, 0.2) is 29.2 Å². The molecule has 2 unspecified atom stereocenters. The van der Waals surface area contributed by atoms with Gasteiger partial charge in [-0.05, 0) is 31.5 Å². The number of nitrogens with two attached hydrogens (primary N) is 1. The van der Waals surface area contributed by atoms with Gasteiger partial charge in [-0.25, -0.2) is 13.1 Å². The molecule has 5 nitrogen and oxygen atoms in total. The van der Waals surface area contributed by atoms with Crippen LogP contribution in [0.25, 0.3) is 0 Å². The summed E-state index contributed by atoms with van der Waals surface area (Å²) in [6, 6.07) is 7.17. The first-order valence-corrected chi connectivity index (χ1v) is 10.9. The molecule has 1 aromatic rings. The Labute approximate surface area is 133 Å². The van der Waals surface area contributed by atoms with Gasteiger partial charge in [-0.3, -0.25) is 4.21 Å². The highest BCUT2D eigenvalue weighted by atomic mass is 32.2. The lowest BCUT2D eigenvalue weighted by molar-refractivity contribution is 0.557. The van der Waals surface area contributed by atoms with Crippen molar-refractivity contribution in [2.75, 3.05) is 29.2 Å². The van der Waals surface area contributed by atoms with E-state index in [0.29, 0.717) is 23.6 Å². The molecule has 1 aromatic carbocycles. The third kappa shape index (κ3) is 8.45. The fourth-order valence-electron chi connectivity index (χ4n) is 1.64. The minimum absolute atomic E-state index is 0.0476. The molecule has 21 heavy (non-hydrogen) atoms. The van der Waals surface area contributed by atoms with E-state index in [-0.39, 0.29) is 11.8 Å². The second-order valence-corrected chi connectivity index (χ2v) is 9.42. The molecule has 0 aliphatic carbocycles. The number of sulfonamides is 1. The lowest BCUT2D eigenvalue weighted by atomic mass is 10.3. The zero-order valence-electron chi connectivity index (χ0n) is 12.2. The van der Waals surface area contributed by atoms with Gasteiger partial charge in [-0.2, -0.15) is 0 Å². The molecule has 0 aromatic heterocycles. The van der Waals surface area contributed by atoms with Crippen molar-refractivity contribution in [2.24, 2.45) is 0 Å². The van der Waals surface area contributed by atoms with E-state index < -0.39 is 20.8 Å². The van der Waals surface area contributed by atoms with Crippen LogP contribution in [0, 0.1) is 0 Å². The number of anilines is 1. The van der Waals surface area contributed by atoms with E-state index in [0.717, 1.165) is 4.90 Å². The van der Waals surface area contributed by atoms with Crippen molar-refractivity contribution in [1.82, 2.24) is 4.72 Å². The zero-order chi connectivity index (χ0) is 15.9. The van der Waals surface area contributed by atoms with E-state index >= 15 is 0 Å². The van der Waals surface area contributed by atoms with Crippen LogP contribution in [-0.4, -0.2) is 42.2 Å². The van der Waals surface area contributed by atoms with Gasteiger partial charge in [0, 0.05) is 45.2 Å². The Hall–Kier alpha value is -0.570. The van der Waals surface area contributed by atoms with Crippen LogP contribution in [0.1, 0.15) is 13.3 Å². The van der Waals surface area contributed by atoms with Crippen LogP contribution in [0.4, 0.5) is 5.69 Å². The Bertz CT molecular complexity index is 576. The first kappa shape index (κ1) is 18.5. The molecule has 0 heterocycles. The normalized spacial score (nSPS) is 14.8. The summed E-state index contributed by atoms with van der Waals surface area (Å²) in [5.74, 6) is 1.01. The minimum Gasteiger partial charge on any atom is -0.399 e. The van der Waals surface area contributed by atoms with E-state index in [4.69, 9.17) is 5.73 Å². The smallest absolute Gasteiger partial charge is 0.212 e. The summed E-state index contributed by atoms with van der Waals surface area (Å²) < 4.78 is 37.4. The third-order valence-electron chi connectivity index (χ3n) is 2.70. The summed E-state index contributed by atoms with van der Waals surface area (Å²) >= 11 is 1.46. The van der Waals surface area contributed by atoms with Crippen LogP contribution in [0.2, 0.25) is 0 Å². The predicted octanol–water partition coefficient (Wildman–Crippen LogP) is 1.44. The quantitative estimate of drug-likeness (QED) is 0.519. The molecule has 8 heteroatoms. The molecule has 1 rings (SSSR count). The molecule has 0 aliphatic rings. The summed E-state index contributed by atoms with van der Waals surface area (Å²) in [4.78, 5) is 0.958. The van der Waals surface area contributed by atoms with E-state index in [9.17, 15) is 12.6 Å². The molecule has 0 spiro atoms. The van der Waals surface area contributed by atoms with E-state index in [2.05, 4.69) is 4.72 Å². The first-order valence-electron chi connectivity index (χ1n) is 6.57. The van der Waals surface area contributed by atoms with Gasteiger partial charge in [-0.1, -0.05) is 6.07 Å². The average molecular weight is 351 g/mol. The maximum atomic E-state index is 11.9. The van der Waals surface area contributed by atoms with Crippen molar-refractivity contribution < 1.29 is 12.6 Å². The second kappa shape index (κ2) is 8.77. The summed E-state index contributed by atoms with van der Waals surface area (Å²) in [5, 5.41) is 0. The highest BCUT2D eigenvalue weighted by molar-refractivity contribution is 8.00. The Balaban J connectivity index is 2.37. The van der Waals surface area contributed by atoms with Crippen LogP contribution in [-0.2, 0) is 20.8 Å².